The van der Waals surface area contributed by atoms with Crippen molar-refractivity contribution in [2.24, 2.45) is 0 Å². The molecule has 0 aliphatic rings. The Morgan fingerprint density at radius 3 is 1.14 bits per heavy atom. The first-order valence-corrected chi connectivity index (χ1v) is 23.9. The van der Waals surface area contributed by atoms with Crippen molar-refractivity contribution >= 4 is 6.09 Å². The molecule has 1 amide bonds. The molecule has 0 saturated heterocycles. The third-order valence-corrected chi connectivity index (χ3v) is 9.31. The minimum atomic E-state index is -0.470. The topological polar surface area (TPSA) is 158 Å². The van der Waals surface area contributed by atoms with E-state index in [1.54, 1.807) is 0 Å². The summed E-state index contributed by atoms with van der Waals surface area (Å²) >= 11 is 0. The Labute approximate surface area is 389 Å². The van der Waals surface area contributed by atoms with Crippen LogP contribution in [-0.4, -0.2) is 178 Å². The summed E-state index contributed by atoms with van der Waals surface area (Å²) in [6.07, 6.45) is 10.0. The molecule has 16 nitrogen and oxygen atoms in total. The third-order valence-electron chi connectivity index (χ3n) is 9.31. The van der Waals surface area contributed by atoms with Gasteiger partial charge in [0.15, 0.2) is 0 Å². The van der Waals surface area contributed by atoms with E-state index in [0.29, 0.717) is 172 Å². The van der Waals surface area contributed by atoms with E-state index in [1.165, 1.54) is 50.5 Å². The van der Waals surface area contributed by atoms with Crippen molar-refractivity contribution in [3.8, 4) is 5.75 Å². The van der Waals surface area contributed by atoms with E-state index in [2.05, 4.69) is 36.5 Å². The lowest BCUT2D eigenvalue weighted by molar-refractivity contribution is -0.0285. The molecule has 0 spiro atoms. The highest BCUT2D eigenvalue weighted by Gasteiger charge is 2.03. The van der Waals surface area contributed by atoms with Gasteiger partial charge in [0.1, 0.15) is 19.0 Å². The van der Waals surface area contributed by atoms with E-state index in [4.69, 9.17) is 66.3 Å². The minimum absolute atomic E-state index is 0.235. The maximum absolute atomic E-state index is 11.7. The van der Waals surface area contributed by atoms with Crippen molar-refractivity contribution in [2.75, 3.05) is 172 Å². The second kappa shape index (κ2) is 47.5. The predicted molar refractivity (Wildman–Crippen MR) is 248 cm³/mol. The van der Waals surface area contributed by atoms with E-state index >= 15 is 0 Å². The molecule has 16 heteroatoms. The SMILES string of the molecule is CCCCCCCCCc1ccc(OCCOCCOCCOCCOCCOCCOCCOCCOCCOCCOCCOCCOCCNC(=O)OCc2ccccc2)cc1. The number of hydrogen-bond donors (Lipinski definition) is 1. The first-order valence-electron chi connectivity index (χ1n) is 23.9. The summed E-state index contributed by atoms with van der Waals surface area (Å²) in [4.78, 5) is 11.7. The number of aryl methyl sites for hydroxylation is 1. The maximum atomic E-state index is 11.7. The summed E-state index contributed by atoms with van der Waals surface area (Å²) in [5, 5.41) is 2.65. The van der Waals surface area contributed by atoms with E-state index in [0.717, 1.165) is 17.7 Å². The molecule has 0 atom stereocenters. The van der Waals surface area contributed by atoms with Crippen LogP contribution in [0.4, 0.5) is 4.79 Å². The number of carbonyl (C=O) groups excluding carboxylic acids is 1. The van der Waals surface area contributed by atoms with E-state index < -0.39 is 6.09 Å². The molecular formula is C49H83NO15. The molecule has 2 aromatic carbocycles. The first-order chi connectivity index (χ1) is 32.3. The Morgan fingerprint density at radius 2 is 0.738 bits per heavy atom. The lowest BCUT2D eigenvalue weighted by Gasteiger charge is -2.09. The van der Waals surface area contributed by atoms with E-state index in [1.807, 2.05) is 30.3 Å². The van der Waals surface area contributed by atoms with Crippen molar-refractivity contribution < 1.29 is 71.1 Å². The van der Waals surface area contributed by atoms with Crippen molar-refractivity contribution in [3.05, 3.63) is 65.7 Å². The lowest BCUT2D eigenvalue weighted by Crippen LogP contribution is -2.28. The van der Waals surface area contributed by atoms with Crippen LogP contribution in [0.5, 0.6) is 5.75 Å². The number of hydrogen-bond acceptors (Lipinski definition) is 15. The molecule has 1 N–H and O–H groups in total. The van der Waals surface area contributed by atoms with Crippen LogP contribution < -0.4 is 10.1 Å². The molecule has 0 aliphatic heterocycles. The van der Waals surface area contributed by atoms with Gasteiger partial charge in [-0.2, -0.15) is 0 Å². The summed E-state index contributed by atoms with van der Waals surface area (Å²) in [5.41, 5.74) is 2.31. The fraction of sp³-hybridized carbons (Fsp3) is 0.735. The largest absolute Gasteiger partial charge is 0.491 e. The fourth-order valence-electron chi connectivity index (χ4n) is 5.78. The summed E-state index contributed by atoms with van der Waals surface area (Å²) in [6.45, 7) is 15.0. The summed E-state index contributed by atoms with van der Waals surface area (Å²) < 4.78 is 77.1. The zero-order chi connectivity index (χ0) is 46.0. The average molecular weight is 926 g/mol. The Hall–Kier alpha value is -2.97. The highest BCUT2D eigenvalue weighted by molar-refractivity contribution is 5.67. The molecule has 65 heavy (non-hydrogen) atoms. The molecule has 0 heterocycles. The first kappa shape index (κ1) is 58.2. The van der Waals surface area contributed by atoms with Gasteiger partial charge in [0.05, 0.1) is 159 Å². The Kier molecular flexibility index (Phi) is 42.5. The molecule has 0 radical (unpaired) electrons. The van der Waals surface area contributed by atoms with Gasteiger partial charge in [0.2, 0.25) is 0 Å². The number of alkyl carbamates (subject to hydrolysis) is 1. The molecule has 2 aromatic rings. The smallest absolute Gasteiger partial charge is 0.407 e. The quantitative estimate of drug-likeness (QED) is 0.0718. The van der Waals surface area contributed by atoms with Crippen LogP contribution in [0.2, 0.25) is 0 Å². The van der Waals surface area contributed by atoms with Crippen LogP contribution >= 0.6 is 0 Å². The monoisotopic (exact) mass is 926 g/mol. The van der Waals surface area contributed by atoms with E-state index in [-0.39, 0.29) is 6.61 Å². The number of rotatable bonds is 50. The van der Waals surface area contributed by atoms with Crippen LogP contribution in [0.1, 0.15) is 63.0 Å². The molecule has 0 saturated carbocycles. The zero-order valence-electron chi connectivity index (χ0n) is 39.6. The van der Waals surface area contributed by atoms with Crippen LogP contribution in [-0.2, 0) is 74.6 Å². The Bertz CT molecular complexity index is 1260. The van der Waals surface area contributed by atoms with Gasteiger partial charge in [0, 0.05) is 6.54 Å². The fourth-order valence-corrected chi connectivity index (χ4v) is 5.78. The molecule has 0 bridgehead atoms. The Morgan fingerprint density at radius 1 is 0.385 bits per heavy atom. The minimum Gasteiger partial charge on any atom is -0.491 e. The van der Waals surface area contributed by atoms with Gasteiger partial charge in [-0.1, -0.05) is 87.9 Å². The molecule has 0 aromatic heterocycles. The van der Waals surface area contributed by atoms with Crippen molar-refractivity contribution in [1.82, 2.24) is 5.32 Å². The molecule has 0 unspecified atom stereocenters. The van der Waals surface area contributed by atoms with Gasteiger partial charge >= 0.3 is 6.09 Å². The molecule has 2 rings (SSSR count). The van der Waals surface area contributed by atoms with Crippen molar-refractivity contribution in [3.63, 3.8) is 0 Å². The highest BCUT2D eigenvalue weighted by atomic mass is 16.6. The number of unbranched alkanes of at least 4 members (excludes halogenated alkanes) is 6. The molecule has 374 valence electrons. The van der Waals surface area contributed by atoms with Crippen LogP contribution in [0.25, 0.3) is 0 Å². The summed E-state index contributed by atoms with van der Waals surface area (Å²) in [5.74, 6) is 0.882. The van der Waals surface area contributed by atoms with Gasteiger partial charge in [0.25, 0.3) is 0 Å². The second-order valence-corrected chi connectivity index (χ2v) is 14.7. The van der Waals surface area contributed by atoms with Crippen LogP contribution in [0, 0.1) is 0 Å². The normalized spacial score (nSPS) is 11.3. The third kappa shape index (κ3) is 41.0. The number of amides is 1. The predicted octanol–water partition coefficient (Wildman–Crippen LogP) is 6.48. The van der Waals surface area contributed by atoms with Crippen LogP contribution in [0.15, 0.2) is 54.6 Å². The van der Waals surface area contributed by atoms with Crippen molar-refractivity contribution in [1.29, 1.82) is 0 Å². The zero-order valence-corrected chi connectivity index (χ0v) is 39.6. The van der Waals surface area contributed by atoms with Gasteiger partial charge in [-0.3, -0.25) is 0 Å². The number of ether oxygens (including phenoxy) is 14. The number of carbonyl (C=O) groups is 1. The van der Waals surface area contributed by atoms with Gasteiger partial charge in [-0.25, -0.2) is 4.79 Å². The van der Waals surface area contributed by atoms with Gasteiger partial charge < -0.3 is 71.6 Å². The summed E-state index contributed by atoms with van der Waals surface area (Å²) in [6, 6.07) is 18.0. The van der Waals surface area contributed by atoms with Gasteiger partial charge in [-0.05, 0) is 36.1 Å². The Balaban J connectivity index is 1.14. The number of benzene rings is 2. The molecular weight excluding hydrogens is 843 g/mol. The standard InChI is InChI=1S/C49H83NO15/c1-2-3-4-5-6-7-9-12-46-15-17-48(18-16-46)64-44-43-63-42-41-62-40-39-61-38-37-60-36-35-59-34-33-58-32-31-57-30-29-56-28-27-55-26-25-54-24-23-53-22-21-52-20-19-50-49(51)65-45-47-13-10-8-11-14-47/h8,10-11,13-18H,2-7,9,12,19-45H2,1H3,(H,50,51). The van der Waals surface area contributed by atoms with E-state index in [9.17, 15) is 4.79 Å². The van der Waals surface area contributed by atoms with Crippen molar-refractivity contribution in [2.45, 2.75) is 64.9 Å². The maximum Gasteiger partial charge on any atom is 0.407 e. The lowest BCUT2D eigenvalue weighted by atomic mass is 10.0. The number of nitrogens with one attached hydrogen (secondary N) is 1. The summed E-state index contributed by atoms with van der Waals surface area (Å²) in [7, 11) is 0. The second-order valence-electron chi connectivity index (χ2n) is 14.7. The molecule has 0 aliphatic carbocycles. The van der Waals surface area contributed by atoms with Crippen LogP contribution in [0.3, 0.4) is 0 Å². The van der Waals surface area contributed by atoms with Gasteiger partial charge in [-0.15, -0.1) is 0 Å². The molecule has 0 fully saturated rings. The highest BCUT2D eigenvalue weighted by Crippen LogP contribution is 2.15. The average Bonchev–Trinajstić information content (AvgIpc) is 3.33.